The van der Waals surface area contributed by atoms with Crippen molar-refractivity contribution in [1.29, 1.82) is 0 Å². The molecule has 9 heteroatoms. The van der Waals surface area contributed by atoms with E-state index in [1.807, 2.05) is 10.8 Å². The molecule has 2 heterocycles. The van der Waals surface area contributed by atoms with Crippen LogP contribution in [-0.2, 0) is 6.54 Å². The molecular weight excluding hydrogens is 276 g/mol. The number of carbonyl (C=O) groups excluding carboxylic acids is 1. The molecule has 9 nitrogen and oxygen atoms in total. The van der Waals surface area contributed by atoms with E-state index in [4.69, 9.17) is 5.73 Å². The molecule has 0 spiro atoms. The van der Waals surface area contributed by atoms with Gasteiger partial charge in [-0.25, -0.2) is 9.97 Å². The fourth-order valence-corrected chi connectivity index (χ4v) is 1.77. The van der Waals surface area contributed by atoms with Gasteiger partial charge in [0.2, 0.25) is 0 Å². The zero-order valence-corrected chi connectivity index (χ0v) is 11.1. The van der Waals surface area contributed by atoms with Gasteiger partial charge in [-0.05, 0) is 12.5 Å². The molecule has 0 bridgehead atoms. The van der Waals surface area contributed by atoms with Gasteiger partial charge in [-0.1, -0.05) is 0 Å². The van der Waals surface area contributed by atoms with Gasteiger partial charge < -0.3 is 15.6 Å². The molecule has 0 saturated heterocycles. The first kappa shape index (κ1) is 14.4. The molecule has 21 heavy (non-hydrogen) atoms. The number of nitrogen functional groups attached to an aromatic ring is 1. The number of aryl methyl sites for hydroxylation is 1. The minimum Gasteiger partial charge on any atom is -0.384 e. The molecule has 0 atom stereocenters. The maximum Gasteiger partial charge on any atom is 0.300 e. The van der Waals surface area contributed by atoms with Gasteiger partial charge in [0.1, 0.15) is 17.6 Å². The number of hydrogen-bond donors (Lipinski definition) is 2. The van der Waals surface area contributed by atoms with E-state index in [2.05, 4.69) is 15.3 Å². The van der Waals surface area contributed by atoms with Crippen molar-refractivity contribution in [2.75, 3.05) is 12.3 Å². The fourth-order valence-electron chi connectivity index (χ4n) is 1.77. The molecule has 2 aromatic rings. The molecule has 0 saturated carbocycles. The van der Waals surface area contributed by atoms with Gasteiger partial charge in [-0.15, -0.1) is 0 Å². The summed E-state index contributed by atoms with van der Waals surface area (Å²) in [5, 5.41) is 13.5. The minimum atomic E-state index is -0.660. The molecule has 1 amide bonds. The van der Waals surface area contributed by atoms with Gasteiger partial charge in [0, 0.05) is 25.5 Å². The van der Waals surface area contributed by atoms with Crippen molar-refractivity contribution >= 4 is 17.4 Å². The number of amides is 1. The highest BCUT2D eigenvalue weighted by Crippen LogP contribution is 2.18. The normalized spacial score (nSPS) is 10.3. The molecule has 0 radical (unpaired) electrons. The van der Waals surface area contributed by atoms with Crippen molar-refractivity contribution in [3.63, 3.8) is 0 Å². The van der Waals surface area contributed by atoms with Crippen molar-refractivity contribution in [1.82, 2.24) is 19.9 Å². The number of rotatable bonds is 6. The molecule has 0 aromatic carbocycles. The van der Waals surface area contributed by atoms with Crippen LogP contribution in [0, 0.1) is 10.1 Å². The summed E-state index contributed by atoms with van der Waals surface area (Å²) in [6.45, 7) is 1.08. The summed E-state index contributed by atoms with van der Waals surface area (Å²) in [4.78, 5) is 29.7. The Morgan fingerprint density at radius 2 is 2.33 bits per heavy atom. The second kappa shape index (κ2) is 6.46. The highest BCUT2D eigenvalue weighted by atomic mass is 16.6. The van der Waals surface area contributed by atoms with Gasteiger partial charge >= 0.3 is 0 Å². The van der Waals surface area contributed by atoms with E-state index in [1.165, 1.54) is 6.07 Å². The van der Waals surface area contributed by atoms with E-state index in [0.29, 0.717) is 19.5 Å². The quantitative estimate of drug-likeness (QED) is 0.455. The number of anilines is 1. The van der Waals surface area contributed by atoms with Crippen LogP contribution < -0.4 is 11.1 Å². The Morgan fingerprint density at radius 1 is 1.52 bits per heavy atom. The Kier molecular flexibility index (Phi) is 4.44. The third-order valence-corrected chi connectivity index (χ3v) is 2.78. The predicted octanol–water partition coefficient (Wildman–Crippen LogP) is 0.589. The van der Waals surface area contributed by atoms with Crippen LogP contribution in [0.1, 0.15) is 16.8 Å². The highest BCUT2D eigenvalue weighted by molar-refractivity contribution is 5.98. The number of carbonyl (C=O) groups is 1. The minimum absolute atomic E-state index is 0.0594. The van der Waals surface area contributed by atoms with Crippen LogP contribution in [0.15, 0.2) is 31.0 Å². The standard InChI is InChI=1S/C12H14N6O3/c13-11-6-9(10(7-16-11)18(20)21)12(19)15-2-1-4-17-5-3-14-8-17/h3,5-8H,1-2,4H2,(H2,13,16)(H,15,19). The molecular formula is C12H14N6O3. The first-order chi connectivity index (χ1) is 10.1. The van der Waals surface area contributed by atoms with Crippen LogP contribution >= 0.6 is 0 Å². The lowest BCUT2D eigenvalue weighted by Gasteiger charge is -2.06. The van der Waals surface area contributed by atoms with Crippen molar-refractivity contribution in [2.24, 2.45) is 0 Å². The molecule has 2 aromatic heterocycles. The van der Waals surface area contributed by atoms with Crippen LogP contribution in [0.3, 0.4) is 0 Å². The molecule has 2 rings (SSSR count). The summed E-state index contributed by atoms with van der Waals surface area (Å²) < 4.78 is 1.87. The lowest BCUT2D eigenvalue weighted by molar-refractivity contribution is -0.385. The number of nitrogens with zero attached hydrogens (tertiary/aromatic N) is 4. The molecule has 0 aliphatic rings. The predicted molar refractivity (Wildman–Crippen MR) is 74.5 cm³/mol. The molecule has 0 aliphatic heterocycles. The number of nitrogens with two attached hydrogens (primary N) is 1. The Morgan fingerprint density at radius 3 is 3.00 bits per heavy atom. The second-order valence-corrected chi connectivity index (χ2v) is 4.29. The summed E-state index contributed by atoms with van der Waals surface area (Å²) in [7, 11) is 0. The van der Waals surface area contributed by atoms with E-state index < -0.39 is 10.8 Å². The Bertz CT molecular complexity index is 640. The lowest BCUT2D eigenvalue weighted by Crippen LogP contribution is -2.26. The summed E-state index contributed by atoms with van der Waals surface area (Å²) in [5.41, 5.74) is 5.01. The van der Waals surface area contributed by atoms with Crippen LogP contribution in [0.25, 0.3) is 0 Å². The van der Waals surface area contributed by atoms with Crippen molar-refractivity contribution in [3.05, 3.63) is 46.7 Å². The number of aromatic nitrogens is 3. The first-order valence-corrected chi connectivity index (χ1v) is 6.22. The van der Waals surface area contributed by atoms with E-state index in [0.717, 1.165) is 6.20 Å². The van der Waals surface area contributed by atoms with E-state index in [-0.39, 0.29) is 17.1 Å². The summed E-state index contributed by atoms with van der Waals surface area (Å²) in [6, 6.07) is 1.20. The molecule has 0 aliphatic carbocycles. The number of hydrogen-bond acceptors (Lipinski definition) is 6. The molecule has 110 valence electrons. The maximum absolute atomic E-state index is 12.0. The smallest absolute Gasteiger partial charge is 0.300 e. The first-order valence-electron chi connectivity index (χ1n) is 6.22. The third-order valence-electron chi connectivity index (χ3n) is 2.78. The van der Waals surface area contributed by atoms with Crippen LogP contribution in [0.4, 0.5) is 11.5 Å². The van der Waals surface area contributed by atoms with Gasteiger partial charge in [0.05, 0.1) is 11.3 Å². The Hall–Kier alpha value is -2.97. The average molecular weight is 290 g/mol. The maximum atomic E-state index is 12.0. The zero-order valence-electron chi connectivity index (χ0n) is 11.1. The monoisotopic (exact) mass is 290 g/mol. The van der Waals surface area contributed by atoms with Crippen molar-refractivity contribution in [2.45, 2.75) is 13.0 Å². The second-order valence-electron chi connectivity index (χ2n) is 4.29. The van der Waals surface area contributed by atoms with Gasteiger partial charge in [-0.3, -0.25) is 14.9 Å². The van der Waals surface area contributed by atoms with Crippen molar-refractivity contribution < 1.29 is 9.72 Å². The number of imidazole rings is 1. The average Bonchev–Trinajstić information content (AvgIpc) is 2.96. The number of pyridine rings is 1. The highest BCUT2D eigenvalue weighted by Gasteiger charge is 2.20. The molecule has 0 unspecified atom stereocenters. The topological polar surface area (TPSA) is 129 Å². The van der Waals surface area contributed by atoms with Gasteiger partial charge in [-0.2, -0.15) is 0 Å². The van der Waals surface area contributed by atoms with Gasteiger partial charge in [0.15, 0.2) is 0 Å². The molecule has 0 fully saturated rings. The Balaban J connectivity index is 1.93. The van der Waals surface area contributed by atoms with E-state index in [9.17, 15) is 14.9 Å². The summed E-state index contributed by atoms with van der Waals surface area (Å²) in [5.74, 6) is -0.481. The zero-order chi connectivity index (χ0) is 15.2. The van der Waals surface area contributed by atoms with Crippen LogP contribution in [0.5, 0.6) is 0 Å². The van der Waals surface area contributed by atoms with E-state index >= 15 is 0 Å². The summed E-state index contributed by atoms with van der Waals surface area (Å²) in [6.07, 6.45) is 6.82. The molecule has 3 N–H and O–H groups in total. The number of nitro groups is 1. The lowest BCUT2D eigenvalue weighted by atomic mass is 10.2. The fraction of sp³-hybridized carbons (Fsp3) is 0.250. The third kappa shape index (κ3) is 3.75. The Labute approximate surface area is 120 Å². The number of nitrogens with one attached hydrogen (secondary N) is 1. The summed E-state index contributed by atoms with van der Waals surface area (Å²) >= 11 is 0. The van der Waals surface area contributed by atoms with Crippen LogP contribution in [-0.4, -0.2) is 31.9 Å². The largest absolute Gasteiger partial charge is 0.384 e. The van der Waals surface area contributed by atoms with Crippen LogP contribution in [0.2, 0.25) is 0 Å². The van der Waals surface area contributed by atoms with Gasteiger partial charge in [0.25, 0.3) is 11.6 Å². The SMILES string of the molecule is Nc1cc(C(=O)NCCCn2ccnc2)c([N+](=O)[O-])cn1. The van der Waals surface area contributed by atoms with E-state index in [1.54, 1.807) is 12.5 Å². The van der Waals surface area contributed by atoms with Crippen molar-refractivity contribution in [3.8, 4) is 0 Å².